The lowest BCUT2D eigenvalue weighted by Crippen LogP contribution is -2.02. The number of fused-ring (bicyclic) bond motifs is 3. The van der Waals surface area contributed by atoms with E-state index in [4.69, 9.17) is 17.3 Å². The van der Waals surface area contributed by atoms with Crippen LogP contribution in [0.2, 0.25) is 5.15 Å². The van der Waals surface area contributed by atoms with E-state index in [0.29, 0.717) is 5.15 Å². The van der Waals surface area contributed by atoms with Gasteiger partial charge < -0.3 is 10.3 Å². The van der Waals surface area contributed by atoms with Crippen molar-refractivity contribution < 1.29 is 0 Å². The Morgan fingerprint density at radius 1 is 1.21 bits per heavy atom. The fourth-order valence-electron chi connectivity index (χ4n) is 2.34. The molecule has 0 aliphatic carbocycles. The molecule has 0 saturated heterocycles. The van der Waals surface area contributed by atoms with Crippen LogP contribution >= 0.6 is 11.6 Å². The maximum atomic E-state index is 6.20. The predicted octanol–water partition coefficient (Wildman–Crippen LogP) is 2.98. The molecule has 0 spiro atoms. The zero-order valence-electron chi connectivity index (χ0n) is 10.5. The van der Waals surface area contributed by atoms with E-state index in [9.17, 15) is 0 Å². The fraction of sp³-hybridized carbons (Fsp3) is 0.286. The van der Waals surface area contributed by atoms with Gasteiger partial charge in [-0.1, -0.05) is 29.8 Å². The molecule has 0 unspecified atom stereocenters. The molecule has 2 aromatic heterocycles. The van der Waals surface area contributed by atoms with Gasteiger partial charge in [0.15, 0.2) is 5.15 Å². The Morgan fingerprint density at radius 2 is 2.05 bits per heavy atom. The average Bonchev–Trinajstić information content (AvgIpc) is 2.84. The topological polar surface area (TPSA) is 56.7 Å². The minimum absolute atomic E-state index is 0.464. The second-order valence-electron chi connectivity index (χ2n) is 4.55. The fourth-order valence-corrected chi connectivity index (χ4v) is 2.57. The molecule has 5 heteroatoms. The Bertz CT molecular complexity index is 720. The molecule has 2 heterocycles. The first-order valence-electron chi connectivity index (χ1n) is 6.40. The normalized spacial score (nSPS) is 11.5. The second kappa shape index (κ2) is 5.15. The van der Waals surface area contributed by atoms with Crippen molar-refractivity contribution >= 4 is 33.5 Å². The van der Waals surface area contributed by atoms with E-state index in [2.05, 4.69) is 20.6 Å². The van der Waals surface area contributed by atoms with Gasteiger partial charge in [-0.15, -0.1) is 0 Å². The van der Waals surface area contributed by atoms with Gasteiger partial charge in [0.2, 0.25) is 0 Å². The Hall–Kier alpha value is -1.65. The zero-order chi connectivity index (χ0) is 13.2. The first-order chi connectivity index (χ1) is 9.31. The highest BCUT2D eigenvalue weighted by atomic mass is 35.5. The Balaban J connectivity index is 2.18. The molecule has 0 bridgehead atoms. The summed E-state index contributed by atoms with van der Waals surface area (Å²) in [5.74, 6) is 0. The molecular formula is C14H15ClN4. The first-order valence-corrected chi connectivity index (χ1v) is 6.78. The van der Waals surface area contributed by atoms with Crippen LogP contribution in [0.5, 0.6) is 0 Å². The van der Waals surface area contributed by atoms with Gasteiger partial charge in [0.05, 0.1) is 17.4 Å². The van der Waals surface area contributed by atoms with Gasteiger partial charge in [0, 0.05) is 11.9 Å². The number of imidazole rings is 1. The highest BCUT2D eigenvalue weighted by Crippen LogP contribution is 2.28. The molecule has 0 aliphatic rings. The second-order valence-corrected chi connectivity index (χ2v) is 4.91. The summed E-state index contributed by atoms with van der Waals surface area (Å²) in [5, 5.41) is 1.55. The van der Waals surface area contributed by atoms with E-state index in [-0.39, 0.29) is 0 Å². The summed E-state index contributed by atoms with van der Waals surface area (Å²) in [6.45, 7) is 1.62. The van der Waals surface area contributed by atoms with Crippen molar-refractivity contribution in [2.45, 2.75) is 19.4 Å². The highest BCUT2D eigenvalue weighted by molar-refractivity contribution is 6.35. The molecule has 0 saturated carbocycles. The lowest BCUT2D eigenvalue weighted by Gasteiger charge is -2.06. The molecule has 2 N–H and O–H groups in total. The summed E-state index contributed by atoms with van der Waals surface area (Å²) in [7, 11) is 0. The number of halogens is 1. The van der Waals surface area contributed by atoms with Crippen LogP contribution in [0, 0.1) is 0 Å². The van der Waals surface area contributed by atoms with Gasteiger partial charge in [0.25, 0.3) is 0 Å². The van der Waals surface area contributed by atoms with Crippen molar-refractivity contribution in [3.8, 4) is 0 Å². The molecule has 3 rings (SSSR count). The minimum Gasteiger partial charge on any atom is -0.330 e. The molecule has 19 heavy (non-hydrogen) atoms. The first kappa shape index (κ1) is 12.4. The van der Waals surface area contributed by atoms with Gasteiger partial charge in [-0.3, -0.25) is 0 Å². The number of nitrogens with two attached hydrogens (primary N) is 1. The van der Waals surface area contributed by atoms with Crippen molar-refractivity contribution in [3.05, 3.63) is 35.7 Å². The van der Waals surface area contributed by atoms with Crippen molar-refractivity contribution in [2.75, 3.05) is 6.54 Å². The maximum absolute atomic E-state index is 6.20. The summed E-state index contributed by atoms with van der Waals surface area (Å²) in [6.07, 6.45) is 3.88. The highest BCUT2D eigenvalue weighted by Gasteiger charge is 2.11. The van der Waals surface area contributed by atoms with E-state index in [1.165, 1.54) is 0 Å². The number of aromatic nitrogens is 3. The van der Waals surface area contributed by atoms with Gasteiger partial charge in [-0.25, -0.2) is 9.97 Å². The van der Waals surface area contributed by atoms with Crippen LogP contribution in [0.4, 0.5) is 0 Å². The van der Waals surface area contributed by atoms with Crippen molar-refractivity contribution in [1.29, 1.82) is 0 Å². The van der Waals surface area contributed by atoms with Crippen LogP contribution in [0.25, 0.3) is 21.9 Å². The largest absolute Gasteiger partial charge is 0.330 e. The number of hydrogen-bond donors (Lipinski definition) is 1. The number of pyridine rings is 1. The van der Waals surface area contributed by atoms with Crippen LogP contribution in [0.3, 0.4) is 0 Å². The van der Waals surface area contributed by atoms with Gasteiger partial charge >= 0.3 is 0 Å². The smallest absolute Gasteiger partial charge is 0.157 e. The third kappa shape index (κ3) is 2.17. The van der Waals surface area contributed by atoms with Gasteiger partial charge in [-0.05, 0) is 25.5 Å². The molecule has 0 fully saturated rings. The van der Waals surface area contributed by atoms with E-state index in [0.717, 1.165) is 47.9 Å². The Kier molecular flexibility index (Phi) is 3.36. The van der Waals surface area contributed by atoms with Gasteiger partial charge in [-0.2, -0.15) is 0 Å². The van der Waals surface area contributed by atoms with E-state index in [1.807, 2.05) is 24.5 Å². The summed E-state index contributed by atoms with van der Waals surface area (Å²) >= 11 is 6.20. The predicted molar refractivity (Wildman–Crippen MR) is 78.3 cm³/mol. The molecule has 0 aliphatic heterocycles. The Labute approximate surface area is 116 Å². The summed E-state index contributed by atoms with van der Waals surface area (Å²) < 4.78 is 2.14. The Morgan fingerprint density at radius 3 is 2.89 bits per heavy atom. The zero-order valence-corrected chi connectivity index (χ0v) is 11.3. The number of unbranched alkanes of at least 4 members (excludes halogenated alkanes) is 1. The van der Waals surface area contributed by atoms with Crippen LogP contribution in [0.15, 0.2) is 30.6 Å². The lowest BCUT2D eigenvalue weighted by molar-refractivity contribution is 0.627. The summed E-state index contributed by atoms with van der Waals surface area (Å²) in [6, 6.07) is 8.00. The van der Waals surface area contributed by atoms with Crippen LogP contribution in [-0.2, 0) is 6.54 Å². The van der Waals surface area contributed by atoms with E-state index < -0.39 is 0 Å². The minimum atomic E-state index is 0.464. The van der Waals surface area contributed by atoms with Crippen molar-refractivity contribution in [1.82, 2.24) is 14.5 Å². The third-order valence-electron chi connectivity index (χ3n) is 3.26. The van der Waals surface area contributed by atoms with Crippen LogP contribution in [0.1, 0.15) is 12.8 Å². The van der Waals surface area contributed by atoms with E-state index in [1.54, 1.807) is 0 Å². The maximum Gasteiger partial charge on any atom is 0.157 e. The summed E-state index contributed by atoms with van der Waals surface area (Å²) in [4.78, 5) is 8.77. The molecule has 3 aromatic rings. The molecule has 1 aromatic carbocycles. The number of rotatable bonds is 4. The molecule has 0 atom stereocenters. The monoisotopic (exact) mass is 274 g/mol. The third-order valence-corrected chi connectivity index (χ3v) is 3.53. The standard InChI is InChI=1S/C14H15ClN4/c15-14-12-13(10-5-1-2-6-11(10)18-14)19(9-17-12)8-4-3-7-16/h1-2,5-6,9H,3-4,7-8,16H2. The molecule has 0 amide bonds. The number of aryl methyl sites for hydroxylation is 1. The molecule has 4 nitrogen and oxygen atoms in total. The molecule has 98 valence electrons. The van der Waals surface area contributed by atoms with Gasteiger partial charge in [0.1, 0.15) is 5.52 Å². The van der Waals surface area contributed by atoms with Crippen molar-refractivity contribution in [2.24, 2.45) is 5.73 Å². The van der Waals surface area contributed by atoms with Crippen molar-refractivity contribution in [3.63, 3.8) is 0 Å². The molecular weight excluding hydrogens is 260 g/mol. The summed E-state index contributed by atoms with van der Waals surface area (Å²) in [5.41, 5.74) is 8.28. The van der Waals surface area contributed by atoms with E-state index >= 15 is 0 Å². The van der Waals surface area contributed by atoms with Crippen LogP contribution in [-0.4, -0.2) is 21.1 Å². The number of hydrogen-bond acceptors (Lipinski definition) is 3. The number of nitrogens with zero attached hydrogens (tertiary/aromatic N) is 3. The lowest BCUT2D eigenvalue weighted by atomic mass is 10.2. The number of para-hydroxylation sites is 1. The SMILES string of the molecule is NCCCCn1cnc2c(Cl)nc3ccccc3c21. The quantitative estimate of drug-likeness (QED) is 0.588. The average molecular weight is 275 g/mol. The molecule has 0 radical (unpaired) electrons. The number of benzene rings is 1. The van der Waals surface area contributed by atoms with Crippen LogP contribution < -0.4 is 5.73 Å².